The third-order valence-corrected chi connectivity index (χ3v) is 4.62. The topological polar surface area (TPSA) is 62.1 Å². The molecular weight excluding hydrogens is 296 g/mol. The molecule has 2 aromatic rings. The summed E-state index contributed by atoms with van der Waals surface area (Å²) in [4.78, 5) is 13.3. The lowest BCUT2D eigenvalue weighted by atomic mass is 10.1. The molecule has 0 aliphatic rings. The lowest BCUT2D eigenvalue weighted by molar-refractivity contribution is 0.0606. The Kier molecular flexibility index (Phi) is 5.31. The molecule has 0 saturated carbocycles. The van der Waals surface area contributed by atoms with E-state index < -0.39 is 0 Å². The van der Waals surface area contributed by atoms with Crippen LogP contribution in [0.3, 0.4) is 0 Å². The van der Waals surface area contributed by atoms with Crippen molar-refractivity contribution in [2.75, 3.05) is 7.11 Å². The molecule has 0 aliphatic carbocycles. The summed E-state index contributed by atoms with van der Waals surface area (Å²) in [6.45, 7) is 4.76. The minimum Gasteiger partial charge on any atom is -0.465 e. The van der Waals surface area contributed by atoms with Crippen molar-refractivity contribution in [2.24, 2.45) is 0 Å². The standard InChI is InChI=1S/C17H18N2O2S/c1-11(14-6-4-13(9-18)5-7-14)19-10-15-8-16(17(20)21-3)22-12(15)2/h4-8,11,19H,10H2,1-3H3/t11-/m1/s1. The number of nitriles is 1. The van der Waals surface area contributed by atoms with Crippen molar-refractivity contribution in [1.29, 1.82) is 5.26 Å². The van der Waals surface area contributed by atoms with Crippen LogP contribution in [-0.4, -0.2) is 13.1 Å². The van der Waals surface area contributed by atoms with E-state index in [1.54, 1.807) is 0 Å². The van der Waals surface area contributed by atoms with Gasteiger partial charge >= 0.3 is 5.97 Å². The van der Waals surface area contributed by atoms with E-state index in [9.17, 15) is 4.79 Å². The second-order valence-electron chi connectivity index (χ2n) is 5.02. The molecule has 0 amide bonds. The smallest absolute Gasteiger partial charge is 0.348 e. The number of hydrogen-bond acceptors (Lipinski definition) is 5. The van der Waals surface area contributed by atoms with Crippen LogP contribution in [0.1, 0.15) is 44.2 Å². The lowest BCUT2D eigenvalue weighted by Gasteiger charge is -2.14. The summed E-state index contributed by atoms with van der Waals surface area (Å²) < 4.78 is 4.75. The van der Waals surface area contributed by atoms with Crippen molar-refractivity contribution >= 4 is 17.3 Å². The first-order chi connectivity index (χ1) is 10.5. The maximum absolute atomic E-state index is 11.5. The van der Waals surface area contributed by atoms with Gasteiger partial charge in [0.25, 0.3) is 0 Å². The van der Waals surface area contributed by atoms with Gasteiger partial charge in [0.15, 0.2) is 0 Å². The van der Waals surface area contributed by atoms with Crippen LogP contribution < -0.4 is 5.32 Å². The Morgan fingerprint density at radius 2 is 2.09 bits per heavy atom. The highest BCUT2D eigenvalue weighted by molar-refractivity contribution is 7.14. The normalized spacial score (nSPS) is 11.7. The highest BCUT2D eigenvalue weighted by Gasteiger charge is 2.13. The third kappa shape index (κ3) is 3.73. The van der Waals surface area contributed by atoms with Gasteiger partial charge in [-0.3, -0.25) is 0 Å². The molecule has 22 heavy (non-hydrogen) atoms. The van der Waals surface area contributed by atoms with Gasteiger partial charge in [-0.05, 0) is 43.2 Å². The fourth-order valence-electron chi connectivity index (χ4n) is 2.12. The predicted octanol–water partition coefficient (Wildman–Crippen LogP) is 3.57. The zero-order valence-electron chi connectivity index (χ0n) is 12.8. The highest BCUT2D eigenvalue weighted by atomic mass is 32.1. The number of rotatable bonds is 5. The Bertz CT molecular complexity index is 698. The van der Waals surface area contributed by atoms with Crippen LogP contribution in [0.5, 0.6) is 0 Å². The quantitative estimate of drug-likeness (QED) is 0.857. The average Bonchev–Trinajstić information content (AvgIpc) is 2.93. The fraction of sp³-hybridized carbons (Fsp3) is 0.294. The molecule has 1 atom stereocenters. The number of benzene rings is 1. The summed E-state index contributed by atoms with van der Waals surface area (Å²) in [7, 11) is 1.39. The minimum atomic E-state index is -0.292. The van der Waals surface area contributed by atoms with E-state index in [0.29, 0.717) is 17.0 Å². The van der Waals surface area contributed by atoms with Gasteiger partial charge in [0, 0.05) is 17.5 Å². The van der Waals surface area contributed by atoms with E-state index in [2.05, 4.69) is 18.3 Å². The first kappa shape index (κ1) is 16.2. The van der Waals surface area contributed by atoms with Crippen LogP contribution in [0, 0.1) is 18.3 Å². The average molecular weight is 314 g/mol. The number of ether oxygens (including phenoxy) is 1. The molecule has 0 unspecified atom stereocenters. The monoisotopic (exact) mass is 314 g/mol. The Morgan fingerprint density at radius 1 is 1.41 bits per heavy atom. The van der Waals surface area contributed by atoms with E-state index in [1.165, 1.54) is 18.4 Å². The molecule has 0 fully saturated rings. The molecule has 0 aliphatic heterocycles. The number of carbonyl (C=O) groups is 1. The fourth-order valence-corrected chi connectivity index (χ4v) is 3.08. The van der Waals surface area contributed by atoms with Crippen molar-refractivity contribution in [3.63, 3.8) is 0 Å². The molecule has 1 aromatic heterocycles. The number of thiophene rings is 1. The van der Waals surface area contributed by atoms with Gasteiger partial charge in [0.2, 0.25) is 0 Å². The van der Waals surface area contributed by atoms with Crippen LogP contribution >= 0.6 is 11.3 Å². The second kappa shape index (κ2) is 7.21. The van der Waals surface area contributed by atoms with E-state index in [-0.39, 0.29) is 12.0 Å². The summed E-state index contributed by atoms with van der Waals surface area (Å²) >= 11 is 1.45. The molecule has 2 rings (SSSR count). The van der Waals surface area contributed by atoms with Crippen LogP contribution in [0.4, 0.5) is 0 Å². The van der Waals surface area contributed by atoms with E-state index >= 15 is 0 Å². The number of carbonyl (C=O) groups excluding carboxylic acids is 1. The maximum Gasteiger partial charge on any atom is 0.348 e. The summed E-state index contributed by atoms with van der Waals surface area (Å²) in [5.41, 5.74) is 2.89. The molecule has 0 spiro atoms. The van der Waals surface area contributed by atoms with Crippen molar-refractivity contribution in [1.82, 2.24) is 5.32 Å². The first-order valence-electron chi connectivity index (χ1n) is 6.96. The summed E-state index contributed by atoms with van der Waals surface area (Å²) in [6.07, 6.45) is 0. The zero-order chi connectivity index (χ0) is 16.1. The van der Waals surface area contributed by atoms with E-state index in [0.717, 1.165) is 16.0 Å². The predicted molar refractivity (Wildman–Crippen MR) is 86.8 cm³/mol. The molecule has 4 nitrogen and oxygen atoms in total. The molecule has 1 N–H and O–H groups in total. The number of methoxy groups -OCH3 is 1. The van der Waals surface area contributed by atoms with Gasteiger partial charge in [-0.2, -0.15) is 5.26 Å². The second-order valence-corrected chi connectivity index (χ2v) is 6.28. The number of hydrogen-bond donors (Lipinski definition) is 1. The van der Waals surface area contributed by atoms with Crippen LogP contribution in [0.15, 0.2) is 30.3 Å². The third-order valence-electron chi connectivity index (χ3n) is 3.55. The van der Waals surface area contributed by atoms with Crippen LogP contribution in [0.2, 0.25) is 0 Å². The maximum atomic E-state index is 11.5. The molecule has 114 valence electrons. The molecule has 1 aromatic carbocycles. The summed E-state index contributed by atoms with van der Waals surface area (Å²) in [5.74, 6) is -0.292. The molecular formula is C17H18N2O2S. The van der Waals surface area contributed by atoms with Gasteiger partial charge in [0.1, 0.15) is 4.88 Å². The Balaban J connectivity index is 2.01. The van der Waals surface area contributed by atoms with Crippen LogP contribution in [0.25, 0.3) is 0 Å². The zero-order valence-corrected chi connectivity index (χ0v) is 13.7. The molecule has 0 radical (unpaired) electrons. The SMILES string of the molecule is COC(=O)c1cc(CN[C@H](C)c2ccc(C#N)cc2)c(C)s1. The van der Waals surface area contributed by atoms with Crippen LogP contribution in [-0.2, 0) is 11.3 Å². The summed E-state index contributed by atoms with van der Waals surface area (Å²) in [6, 6.07) is 11.7. The van der Waals surface area contributed by atoms with Crippen molar-refractivity contribution in [3.05, 3.63) is 56.8 Å². The van der Waals surface area contributed by atoms with Gasteiger partial charge in [-0.1, -0.05) is 12.1 Å². The number of esters is 1. The Hall–Kier alpha value is -2.16. The van der Waals surface area contributed by atoms with Gasteiger partial charge in [-0.25, -0.2) is 4.79 Å². The Morgan fingerprint density at radius 3 is 2.68 bits per heavy atom. The number of aryl methyl sites for hydroxylation is 1. The first-order valence-corrected chi connectivity index (χ1v) is 7.78. The van der Waals surface area contributed by atoms with Gasteiger partial charge < -0.3 is 10.1 Å². The highest BCUT2D eigenvalue weighted by Crippen LogP contribution is 2.23. The molecule has 5 heteroatoms. The van der Waals surface area contributed by atoms with Gasteiger partial charge in [0.05, 0.1) is 18.7 Å². The van der Waals surface area contributed by atoms with E-state index in [4.69, 9.17) is 10.00 Å². The van der Waals surface area contributed by atoms with E-state index in [1.807, 2.05) is 37.3 Å². The molecule has 0 bridgehead atoms. The minimum absolute atomic E-state index is 0.161. The van der Waals surface area contributed by atoms with Crippen molar-refractivity contribution in [2.45, 2.75) is 26.4 Å². The lowest BCUT2D eigenvalue weighted by Crippen LogP contribution is -2.18. The van der Waals surface area contributed by atoms with Crippen molar-refractivity contribution < 1.29 is 9.53 Å². The number of nitrogens with one attached hydrogen (secondary N) is 1. The largest absolute Gasteiger partial charge is 0.465 e. The Labute approximate surface area is 134 Å². The summed E-state index contributed by atoms with van der Waals surface area (Å²) in [5, 5.41) is 12.3. The molecule has 0 saturated heterocycles. The molecule has 1 heterocycles. The number of nitrogens with zero attached hydrogens (tertiary/aromatic N) is 1. The van der Waals surface area contributed by atoms with Crippen molar-refractivity contribution in [3.8, 4) is 6.07 Å². The van der Waals surface area contributed by atoms with Gasteiger partial charge in [-0.15, -0.1) is 11.3 Å².